The first-order valence-electron chi connectivity index (χ1n) is 7.08. The van der Waals surface area contributed by atoms with E-state index in [0.717, 1.165) is 24.9 Å². The second-order valence-electron chi connectivity index (χ2n) is 4.92. The van der Waals surface area contributed by atoms with E-state index < -0.39 is 0 Å². The highest BCUT2D eigenvalue weighted by Gasteiger charge is 2.10. The number of oxime groups is 1. The number of nitrogens with zero attached hydrogens (tertiary/aromatic N) is 1. The summed E-state index contributed by atoms with van der Waals surface area (Å²) in [5.41, 5.74) is 7.47. The Labute approximate surface area is 129 Å². The summed E-state index contributed by atoms with van der Waals surface area (Å²) in [5.74, 6) is 0.136. The molecule has 1 aromatic carbocycles. The van der Waals surface area contributed by atoms with Crippen LogP contribution in [-0.4, -0.2) is 11.0 Å². The lowest BCUT2D eigenvalue weighted by atomic mass is 10.1. The highest BCUT2D eigenvalue weighted by atomic mass is 32.1. The van der Waals surface area contributed by atoms with Crippen molar-refractivity contribution in [1.82, 2.24) is 5.32 Å². The summed E-state index contributed by atoms with van der Waals surface area (Å²) in [5, 5.41) is 17.4. The second kappa shape index (κ2) is 7.81. The highest BCUT2D eigenvalue weighted by molar-refractivity contribution is 7.10. The van der Waals surface area contributed by atoms with Gasteiger partial charge in [0.2, 0.25) is 0 Å². The van der Waals surface area contributed by atoms with Gasteiger partial charge in [0.1, 0.15) is 0 Å². The van der Waals surface area contributed by atoms with Crippen molar-refractivity contribution in [2.45, 2.75) is 32.4 Å². The van der Waals surface area contributed by atoms with Crippen molar-refractivity contribution in [3.8, 4) is 0 Å². The van der Waals surface area contributed by atoms with Crippen LogP contribution in [0.4, 0.5) is 0 Å². The third-order valence-electron chi connectivity index (χ3n) is 3.37. The Morgan fingerprint density at radius 1 is 1.33 bits per heavy atom. The maximum atomic E-state index is 8.65. The van der Waals surface area contributed by atoms with E-state index in [1.54, 1.807) is 11.3 Å². The molecule has 112 valence electrons. The Bertz CT molecular complexity index is 564. The quantitative estimate of drug-likeness (QED) is 0.317. The van der Waals surface area contributed by atoms with Gasteiger partial charge in [-0.25, -0.2) is 0 Å². The Hall–Kier alpha value is -1.85. The molecule has 0 spiro atoms. The maximum absolute atomic E-state index is 8.65. The number of nitrogens with one attached hydrogen (secondary N) is 1. The van der Waals surface area contributed by atoms with Crippen molar-refractivity contribution in [1.29, 1.82) is 0 Å². The molecule has 0 aliphatic carbocycles. The molecule has 0 saturated carbocycles. The molecule has 2 rings (SSSR count). The fourth-order valence-corrected chi connectivity index (χ4v) is 3.05. The largest absolute Gasteiger partial charge is 0.409 e. The highest BCUT2D eigenvalue weighted by Crippen LogP contribution is 2.23. The summed E-state index contributed by atoms with van der Waals surface area (Å²) >= 11 is 1.79. The van der Waals surface area contributed by atoms with Crippen LogP contribution in [0.25, 0.3) is 0 Å². The van der Waals surface area contributed by atoms with E-state index in [0.29, 0.717) is 6.04 Å². The van der Waals surface area contributed by atoms with E-state index in [-0.39, 0.29) is 5.84 Å². The lowest BCUT2D eigenvalue weighted by Crippen LogP contribution is -2.20. The van der Waals surface area contributed by atoms with Gasteiger partial charge in [0.05, 0.1) is 0 Å². The molecule has 1 heterocycles. The van der Waals surface area contributed by atoms with Gasteiger partial charge in [0.25, 0.3) is 0 Å². The van der Waals surface area contributed by atoms with E-state index >= 15 is 0 Å². The lowest BCUT2D eigenvalue weighted by Gasteiger charge is -2.17. The molecular weight excluding hydrogens is 282 g/mol. The molecule has 2 aromatic rings. The van der Waals surface area contributed by atoms with E-state index in [9.17, 15) is 0 Å². The zero-order chi connectivity index (χ0) is 15.1. The van der Waals surface area contributed by atoms with Crippen LogP contribution in [0, 0.1) is 0 Å². The molecule has 0 amide bonds. The second-order valence-corrected chi connectivity index (χ2v) is 5.90. The van der Waals surface area contributed by atoms with E-state index in [1.165, 1.54) is 10.4 Å². The van der Waals surface area contributed by atoms with E-state index in [2.05, 4.69) is 34.9 Å². The van der Waals surface area contributed by atoms with Crippen molar-refractivity contribution in [3.63, 3.8) is 0 Å². The van der Waals surface area contributed by atoms with Gasteiger partial charge >= 0.3 is 0 Å². The molecule has 0 fully saturated rings. The zero-order valence-electron chi connectivity index (χ0n) is 12.1. The minimum atomic E-state index is 0.136. The molecule has 1 unspecified atom stereocenters. The first kappa shape index (κ1) is 15.5. The average molecular weight is 303 g/mol. The molecule has 0 radical (unpaired) electrons. The molecule has 1 atom stereocenters. The minimum Gasteiger partial charge on any atom is -0.409 e. The van der Waals surface area contributed by atoms with Crippen LogP contribution in [0.3, 0.4) is 0 Å². The number of amidine groups is 1. The average Bonchev–Trinajstić information content (AvgIpc) is 3.05. The zero-order valence-corrected chi connectivity index (χ0v) is 12.9. The third-order valence-corrected chi connectivity index (χ3v) is 4.36. The van der Waals surface area contributed by atoms with Crippen molar-refractivity contribution in [2.24, 2.45) is 10.9 Å². The molecule has 0 aliphatic heterocycles. The number of hydrogen-bond acceptors (Lipinski definition) is 4. The fourth-order valence-electron chi connectivity index (χ4n) is 2.22. The van der Waals surface area contributed by atoms with Crippen LogP contribution in [0.1, 0.15) is 41.8 Å². The summed E-state index contributed by atoms with van der Waals surface area (Å²) in [4.78, 5) is 1.38. The van der Waals surface area contributed by atoms with Crippen LogP contribution in [0.2, 0.25) is 0 Å². The summed E-state index contributed by atoms with van der Waals surface area (Å²) in [6.07, 6.45) is 2.28. The smallest absolute Gasteiger partial charge is 0.170 e. The van der Waals surface area contributed by atoms with Crippen molar-refractivity contribution in [3.05, 3.63) is 57.8 Å². The van der Waals surface area contributed by atoms with Crippen molar-refractivity contribution < 1.29 is 5.21 Å². The topological polar surface area (TPSA) is 70.6 Å². The molecule has 21 heavy (non-hydrogen) atoms. The number of hydrogen-bond donors (Lipinski definition) is 3. The van der Waals surface area contributed by atoms with Crippen molar-refractivity contribution in [2.75, 3.05) is 0 Å². The van der Waals surface area contributed by atoms with Gasteiger partial charge in [-0.2, -0.15) is 0 Å². The molecule has 4 nitrogen and oxygen atoms in total. The first-order valence-corrected chi connectivity index (χ1v) is 7.96. The van der Waals surface area contributed by atoms with Crippen LogP contribution in [-0.2, 0) is 6.54 Å². The standard InChI is InChI=1S/C16H21N3OS/c1-2-4-14(15-5-3-10-21-15)18-11-12-6-8-13(9-7-12)16(17)19-20/h3,5-10,14,18,20H,2,4,11H2,1H3,(H2,17,19). The van der Waals surface area contributed by atoms with Crippen LogP contribution in [0.15, 0.2) is 46.9 Å². The Balaban J connectivity index is 1.97. The van der Waals surface area contributed by atoms with Gasteiger partial charge in [-0.1, -0.05) is 48.8 Å². The van der Waals surface area contributed by atoms with E-state index in [1.807, 2.05) is 24.3 Å². The van der Waals surface area contributed by atoms with Crippen LogP contribution >= 0.6 is 11.3 Å². The minimum absolute atomic E-state index is 0.136. The molecule has 0 saturated heterocycles. The SMILES string of the molecule is CCCC(NCc1ccc(C(N)=NO)cc1)c1cccs1. The number of benzene rings is 1. The fraction of sp³-hybridized carbons (Fsp3) is 0.312. The monoisotopic (exact) mass is 303 g/mol. The van der Waals surface area contributed by atoms with Gasteiger partial charge in [0.15, 0.2) is 5.84 Å². The molecule has 5 heteroatoms. The van der Waals surface area contributed by atoms with Gasteiger partial charge in [-0.3, -0.25) is 0 Å². The summed E-state index contributed by atoms with van der Waals surface area (Å²) in [6.45, 7) is 3.01. The Morgan fingerprint density at radius 2 is 2.10 bits per heavy atom. The normalized spacial score (nSPS) is 13.3. The lowest BCUT2D eigenvalue weighted by molar-refractivity contribution is 0.318. The summed E-state index contributed by atoms with van der Waals surface area (Å²) in [7, 11) is 0. The maximum Gasteiger partial charge on any atom is 0.170 e. The van der Waals surface area contributed by atoms with Gasteiger partial charge < -0.3 is 16.3 Å². The molecule has 0 aliphatic rings. The van der Waals surface area contributed by atoms with Crippen molar-refractivity contribution >= 4 is 17.2 Å². The summed E-state index contributed by atoms with van der Waals surface area (Å²) in [6, 6.07) is 12.4. The number of rotatable bonds is 7. The molecule has 0 bridgehead atoms. The van der Waals surface area contributed by atoms with Gasteiger partial charge in [0, 0.05) is 23.0 Å². The third kappa shape index (κ3) is 4.31. The molecular formula is C16H21N3OS. The van der Waals surface area contributed by atoms with Crippen LogP contribution < -0.4 is 11.1 Å². The van der Waals surface area contributed by atoms with E-state index in [4.69, 9.17) is 10.9 Å². The predicted molar refractivity (Wildman–Crippen MR) is 87.8 cm³/mol. The Kier molecular flexibility index (Phi) is 5.78. The number of thiophene rings is 1. The summed E-state index contributed by atoms with van der Waals surface area (Å²) < 4.78 is 0. The molecule has 1 aromatic heterocycles. The Morgan fingerprint density at radius 3 is 2.67 bits per heavy atom. The molecule has 4 N–H and O–H groups in total. The first-order chi connectivity index (χ1) is 10.2. The van der Waals surface area contributed by atoms with Gasteiger partial charge in [-0.05, 0) is 23.4 Å². The predicted octanol–water partition coefficient (Wildman–Crippen LogP) is 3.47. The number of nitrogens with two attached hydrogens (primary N) is 1. The van der Waals surface area contributed by atoms with Crippen LogP contribution in [0.5, 0.6) is 0 Å². The van der Waals surface area contributed by atoms with Gasteiger partial charge in [-0.15, -0.1) is 11.3 Å².